The lowest BCUT2D eigenvalue weighted by Gasteiger charge is -2.38. The normalized spacial score (nSPS) is 20.1. The number of nitrogens with zero attached hydrogens (tertiary/aromatic N) is 1. The summed E-state index contributed by atoms with van der Waals surface area (Å²) in [4.78, 5) is 3.73. The molecule has 3 aromatic carbocycles. The molecule has 0 saturated carbocycles. The molecule has 1 fully saturated rings. The average molecular weight is 528 g/mol. The molecule has 3 aromatic rings. The van der Waals surface area contributed by atoms with Crippen molar-refractivity contribution in [1.82, 2.24) is 9.62 Å². The molecule has 5 heteroatoms. The molecule has 0 amide bonds. The van der Waals surface area contributed by atoms with Gasteiger partial charge in [0.2, 0.25) is 0 Å². The summed E-state index contributed by atoms with van der Waals surface area (Å²) in [5.41, 5.74) is 8.41. The highest BCUT2D eigenvalue weighted by molar-refractivity contribution is 7.97. The molecule has 2 N–H and O–H groups in total. The molecule has 0 unspecified atom stereocenters. The molecule has 0 aliphatic carbocycles. The summed E-state index contributed by atoms with van der Waals surface area (Å²) < 4.78 is 10.2. The van der Waals surface area contributed by atoms with Crippen LogP contribution in [-0.4, -0.2) is 29.6 Å². The lowest BCUT2D eigenvalue weighted by molar-refractivity contribution is 0.0706. The monoisotopic (exact) mass is 527 g/mol. The van der Waals surface area contributed by atoms with Gasteiger partial charge < -0.3 is 15.0 Å². The van der Waals surface area contributed by atoms with E-state index in [0.717, 1.165) is 31.0 Å². The molecule has 4 nitrogen and oxygen atoms in total. The minimum Gasteiger partial charge on any atom is -0.487 e. The summed E-state index contributed by atoms with van der Waals surface area (Å²) in [7, 11) is 0. The SMILES string of the molecule is C=C(c1ccc2c(c1)[C@@H](NSc1cccc(C)c1)CC(C)(C)O2)N1CCC[C@H]1CNc1c(C)cccc1C. The summed E-state index contributed by atoms with van der Waals surface area (Å²) >= 11 is 1.71. The van der Waals surface area contributed by atoms with E-state index in [9.17, 15) is 0 Å². The minimum atomic E-state index is -0.226. The molecule has 200 valence electrons. The zero-order valence-corrected chi connectivity index (χ0v) is 24.3. The molecule has 1 saturated heterocycles. The van der Waals surface area contributed by atoms with Crippen molar-refractivity contribution < 1.29 is 4.74 Å². The van der Waals surface area contributed by atoms with Gasteiger partial charge in [0.05, 0.1) is 0 Å². The molecule has 0 spiro atoms. The van der Waals surface area contributed by atoms with E-state index in [1.54, 1.807) is 11.9 Å². The Labute approximate surface area is 233 Å². The zero-order valence-electron chi connectivity index (χ0n) is 23.4. The Morgan fingerprint density at radius 2 is 1.82 bits per heavy atom. The van der Waals surface area contributed by atoms with Gasteiger partial charge in [0.25, 0.3) is 0 Å². The van der Waals surface area contributed by atoms with Crippen LogP contribution < -0.4 is 14.8 Å². The van der Waals surface area contributed by atoms with Gasteiger partial charge in [0, 0.05) is 53.4 Å². The van der Waals surface area contributed by atoms with Gasteiger partial charge in [-0.15, -0.1) is 0 Å². The van der Waals surface area contributed by atoms with E-state index in [0.29, 0.717) is 6.04 Å². The van der Waals surface area contributed by atoms with Crippen LogP contribution in [0.1, 0.15) is 67.0 Å². The van der Waals surface area contributed by atoms with Crippen molar-refractivity contribution in [2.24, 2.45) is 0 Å². The lowest BCUT2D eigenvalue weighted by Crippen LogP contribution is -2.38. The third-order valence-corrected chi connectivity index (χ3v) is 8.72. The van der Waals surface area contributed by atoms with E-state index in [1.165, 1.54) is 51.2 Å². The summed E-state index contributed by atoms with van der Waals surface area (Å²) in [6.07, 6.45) is 3.27. The Morgan fingerprint density at radius 1 is 1.05 bits per heavy atom. The fourth-order valence-electron chi connectivity index (χ4n) is 5.84. The zero-order chi connectivity index (χ0) is 26.9. The number of aryl methyl sites for hydroxylation is 3. The van der Waals surface area contributed by atoms with Crippen molar-refractivity contribution in [2.45, 2.75) is 76.5 Å². The molecule has 5 rings (SSSR count). The van der Waals surface area contributed by atoms with Crippen molar-refractivity contribution in [1.29, 1.82) is 0 Å². The number of para-hydroxylation sites is 1. The Balaban J connectivity index is 1.33. The van der Waals surface area contributed by atoms with Crippen LogP contribution in [0.5, 0.6) is 5.75 Å². The first-order valence-corrected chi connectivity index (χ1v) is 14.6. The molecule has 2 aliphatic rings. The maximum atomic E-state index is 6.41. The van der Waals surface area contributed by atoms with Gasteiger partial charge in [-0.05, 0) is 112 Å². The number of hydrogen-bond donors (Lipinski definition) is 2. The van der Waals surface area contributed by atoms with Crippen LogP contribution in [0.25, 0.3) is 5.70 Å². The largest absolute Gasteiger partial charge is 0.487 e. The predicted molar refractivity (Wildman–Crippen MR) is 162 cm³/mol. The molecule has 2 heterocycles. The standard InChI is InChI=1S/C33H41N3OS/c1-22-10-7-14-28(18-22)38-35-30-20-33(5,6)37-31-16-15-26(19-29(30)31)25(4)36-17-9-13-27(36)21-34-32-23(2)11-8-12-24(32)3/h7-8,10-12,14-16,18-19,27,30,34-35H,4,9,13,17,20-21H2,1-3,5-6H3/t27-,30-/m0/s1. The van der Waals surface area contributed by atoms with Gasteiger partial charge in [0.15, 0.2) is 0 Å². The van der Waals surface area contributed by atoms with E-state index in [-0.39, 0.29) is 11.6 Å². The predicted octanol–water partition coefficient (Wildman–Crippen LogP) is 8.06. The van der Waals surface area contributed by atoms with Crippen molar-refractivity contribution in [2.75, 3.05) is 18.4 Å². The lowest BCUT2D eigenvalue weighted by atomic mass is 9.89. The number of likely N-dealkylation sites (tertiary alicyclic amines) is 1. The highest BCUT2D eigenvalue weighted by Crippen LogP contribution is 2.42. The molecule has 38 heavy (non-hydrogen) atoms. The van der Waals surface area contributed by atoms with Gasteiger partial charge in [-0.1, -0.05) is 36.9 Å². The van der Waals surface area contributed by atoms with E-state index in [4.69, 9.17) is 4.74 Å². The topological polar surface area (TPSA) is 36.5 Å². The number of fused-ring (bicyclic) bond motifs is 1. The van der Waals surface area contributed by atoms with Gasteiger partial charge in [-0.2, -0.15) is 0 Å². The Morgan fingerprint density at radius 3 is 2.58 bits per heavy atom. The number of rotatable bonds is 8. The number of benzene rings is 3. The number of ether oxygens (including phenoxy) is 1. The first-order chi connectivity index (χ1) is 18.2. The van der Waals surface area contributed by atoms with Crippen LogP contribution in [0.2, 0.25) is 0 Å². The molecule has 0 aromatic heterocycles. The first-order valence-electron chi connectivity index (χ1n) is 13.8. The summed E-state index contributed by atoms with van der Waals surface area (Å²) in [6, 6.07) is 22.4. The third kappa shape index (κ3) is 5.89. The average Bonchev–Trinajstić information content (AvgIpc) is 3.34. The highest BCUT2D eigenvalue weighted by Gasteiger charge is 2.35. The van der Waals surface area contributed by atoms with Crippen LogP contribution in [0.15, 0.2) is 72.1 Å². The maximum absolute atomic E-state index is 6.41. The second-order valence-corrected chi connectivity index (χ2v) is 12.4. The van der Waals surface area contributed by atoms with E-state index in [1.807, 2.05) is 0 Å². The Kier molecular flexibility index (Phi) is 7.78. The molecule has 0 bridgehead atoms. The maximum Gasteiger partial charge on any atom is 0.124 e. The van der Waals surface area contributed by atoms with Crippen molar-refractivity contribution in [3.8, 4) is 5.75 Å². The quantitative estimate of drug-likeness (QED) is 0.290. The fourth-order valence-corrected chi connectivity index (χ4v) is 6.72. The fraction of sp³-hybridized carbons (Fsp3) is 0.394. The summed E-state index contributed by atoms with van der Waals surface area (Å²) in [5.74, 6) is 0.967. The number of anilines is 1. The summed E-state index contributed by atoms with van der Waals surface area (Å²) in [5, 5.41) is 3.75. The van der Waals surface area contributed by atoms with Gasteiger partial charge in [-0.25, -0.2) is 0 Å². The molecule has 0 radical (unpaired) electrons. The molecule has 2 atom stereocenters. The molecular formula is C33H41N3OS. The molecular weight excluding hydrogens is 486 g/mol. The van der Waals surface area contributed by atoms with Crippen molar-refractivity contribution in [3.63, 3.8) is 0 Å². The van der Waals surface area contributed by atoms with Crippen LogP contribution in [0.3, 0.4) is 0 Å². The Hall–Kier alpha value is -2.89. The van der Waals surface area contributed by atoms with E-state index >= 15 is 0 Å². The van der Waals surface area contributed by atoms with E-state index < -0.39 is 0 Å². The second-order valence-electron chi connectivity index (χ2n) is 11.5. The highest BCUT2D eigenvalue weighted by atomic mass is 32.2. The van der Waals surface area contributed by atoms with Gasteiger partial charge in [0.1, 0.15) is 11.4 Å². The Bertz CT molecular complexity index is 1300. The smallest absolute Gasteiger partial charge is 0.124 e. The number of hydrogen-bond acceptors (Lipinski definition) is 5. The van der Waals surface area contributed by atoms with Gasteiger partial charge in [-0.3, -0.25) is 4.72 Å². The van der Waals surface area contributed by atoms with Crippen LogP contribution in [0, 0.1) is 20.8 Å². The minimum absolute atomic E-state index is 0.187. The van der Waals surface area contributed by atoms with Crippen LogP contribution in [-0.2, 0) is 0 Å². The number of nitrogens with one attached hydrogen (secondary N) is 2. The van der Waals surface area contributed by atoms with Crippen LogP contribution >= 0.6 is 11.9 Å². The molecule has 2 aliphatic heterocycles. The van der Waals surface area contributed by atoms with Crippen molar-refractivity contribution in [3.05, 3.63) is 95.1 Å². The van der Waals surface area contributed by atoms with Gasteiger partial charge >= 0.3 is 0 Å². The first kappa shape index (κ1) is 26.7. The third-order valence-electron chi connectivity index (χ3n) is 7.83. The van der Waals surface area contributed by atoms with Crippen molar-refractivity contribution >= 4 is 23.3 Å². The van der Waals surface area contributed by atoms with E-state index in [2.05, 4.69) is 117 Å². The summed E-state index contributed by atoms with van der Waals surface area (Å²) in [6.45, 7) is 17.4. The second kappa shape index (κ2) is 11.1. The van der Waals surface area contributed by atoms with Crippen LogP contribution in [0.4, 0.5) is 5.69 Å².